The highest BCUT2D eigenvalue weighted by Crippen LogP contribution is 2.18. The van der Waals surface area contributed by atoms with E-state index in [1.807, 2.05) is 18.2 Å². The number of nitrogens with one attached hydrogen (secondary N) is 1. The van der Waals surface area contributed by atoms with E-state index >= 15 is 0 Å². The first-order chi connectivity index (χ1) is 9.11. The molecule has 1 aromatic carbocycles. The van der Waals surface area contributed by atoms with Crippen molar-refractivity contribution in [3.8, 4) is 0 Å². The van der Waals surface area contributed by atoms with Gasteiger partial charge in [0, 0.05) is 18.3 Å². The Hall–Kier alpha value is -1.59. The summed E-state index contributed by atoms with van der Waals surface area (Å²) >= 11 is 0. The quantitative estimate of drug-likeness (QED) is 0.807. The third kappa shape index (κ3) is 2.57. The summed E-state index contributed by atoms with van der Waals surface area (Å²) < 4.78 is 5.64. The number of benzene rings is 1. The average Bonchev–Trinajstić information content (AvgIpc) is 2.75. The zero-order valence-electron chi connectivity index (χ0n) is 11.4. The van der Waals surface area contributed by atoms with Crippen molar-refractivity contribution >= 4 is 16.7 Å². The van der Waals surface area contributed by atoms with Gasteiger partial charge in [-0.3, -0.25) is 4.90 Å². The highest BCUT2D eigenvalue weighted by molar-refractivity contribution is 5.78. The van der Waals surface area contributed by atoms with Gasteiger partial charge < -0.3 is 15.5 Å². The normalized spacial score (nSPS) is 24.9. The Morgan fingerprint density at radius 1 is 1.47 bits per heavy atom. The maximum atomic E-state index is 5.78. The summed E-state index contributed by atoms with van der Waals surface area (Å²) in [5, 5.41) is 0. The number of rotatable bonds is 2. The zero-order chi connectivity index (χ0) is 13.4. The predicted molar refractivity (Wildman–Crippen MR) is 75.8 cm³/mol. The number of aromatic amines is 1. The van der Waals surface area contributed by atoms with Gasteiger partial charge in [0.15, 0.2) is 0 Å². The van der Waals surface area contributed by atoms with Crippen molar-refractivity contribution in [2.24, 2.45) is 0 Å². The molecule has 1 aliphatic rings. The lowest BCUT2D eigenvalue weighted by molar-refractivity contribution is -0.0533. The monoisotopic (exact) mass is 260 g/mol. The molecule has 102 valence electrons. The molecule has 0 aliphatic carbocycles. The second-order valence-corrected chi connectivity index (χ2v) is 5.38. The number of imidazole rings is 1. The Bertz CT molecular complexity index is 580. The highest BCUT2D eigenvalue weighted by Gasteiger charge is 2.24. The number of aromatic nitrogens is 2. The first-order valence-corrected chi connectivity index (χ1v) is 6.71. The molecule has 1 aromatic heterocycles. The van der Waals surface area contributed by atoms with Crippen LogP contribution in [0, 0.1) is 0 Å². The minimum Gasteiger partial charge on any atom is -0.399 e. The van der Waals surface area contributed by atoms with E-state index in [0.29, 0.717) is 6.04 Å². The SMILES string of the molecule is CC1CN(Cc2nc3ccc(N)cc3[nH]2)C(C)CO1. The molecule has 1 aliphatic heterocycles. The summed E-state index contributed by atoms with van der Waals surface area (Å²) in [6, 6.07) is 6.19. The fraction of sp³-hybridized carbons (Fsp3) is 0.500. The van der Waals surface area contributed by atoms with Gasteiger partial charge in [-0.2, -0.15) is 0 Å². The van der Waals surface area contributed by atoms with Gasteiger partial charge in [-0.25, -0.2) is 4.98 Å². The number of nitrogen functional groups attached to an aromatic ring is 1. The molecule has 2 aromatic rings. The first kappa shape index (κ1) is 12.4. The van der Waals surface area contributed by atoms with Crippen molar-refractivity contribution in [2.45, 2.75) is 32.5 Å². The number of morpholine rings is 1. The van der Waals surface area contributed by atoms with Crippen LogP contribution in [-0.2, 0) is 11.3 Å². The van der Waals surface area contributed by atoms with Crippen molar-refractivity contribution in [2.75, 3.05) is 18.9 Å². The molecular weight excluding hydrogens is 240 g/mol. The van der Waals surface area contributed by atoms with E-state index in [9.17, 15) is 0 Å². The summed E-state index contributed by atoms with van der Waals surface area (Å²) in [5.74, 6) is 0.988. The third-order valence-corrected chi connectivity index (χ3v) is 3.64. The lowest BCUT2D eigenvalue weighted by atomic mass is 10.2. The zero-order valence-corrected chi connectivity index (χ0v) is 11.4. The number of H-pyrrole nitrogens is 1. The van der Waals surface area contributed by atoms with Crippen LogP contribution in [0.5, 0.6) is 0 Å². The summed E-state index contributed by atoms with van der Waals surface area (Å²) in [6.45, 7) is 6.85. The molecule has 0 amide bonds. The lowest BCUT2D eigenvalue weighted by Gasteiger charge is -2.36. The van der Waals surface area contributed by atoms with E-state index in [4.69, 9.17) is 10.5 Å². The molecule has 0 spiro atoms. The minimum atomic E-state index is 0.288. The van der Waals surface area contributed by atoms with Gasteiger partial charge in [0.25, 0.3) is 0 Å². The molecule has 3 N–H and O–H groups in total. The topological polar surface area (TPSA) is 67.2 Å². The van der Waals surface area contributed by atoms with Gasteiger partial charge >= 0.3 is 0 Å². The molecule has 3 rings (SSSR count). The molecule has 2 unspecified atom stereocenters. The van der Waals surface area contributed by atoms with E-state index in [2.05, 4.69) is 28.7 Å². The number of nitrogens with two attached hydrogens (primary N) is 1. The average molecular weight is 260 g/mol. The molecule has 1 saturated heterocycles. The summed E-state index contributed by atoms with van der Waals surface area (Å²) in [6.07, 6.45) is 0.288. The number of nitrogens with zero attached hydrogens (tertiary/aromatic N) is 2. The van der Waals surface area contributed by atoms with E-state index in [-0.39, 0.29) is 6.10 Å². The summed E-state index contributed by atoms with van der Waals surface area (Å²) in [7, 11) is 0. The van der Waals surface area contributed by atoms with Crippen molar-refractivity contribution in [3.05, 3.63) is 24.0 Å². The molecule has 2 atom stereocenters. The largest absolute Gasteiger partial charge is 0.399 e. The van der Waals surface area contributed by atoms with Crippen LogP contribution in [0.1, 0.15) is 19.7 Å². The van der Waals surface area contributed by atoms with Crippen LogP contribution >= 0.6 is 0 Å². The Balaban J connectivity index is 1.80. The third-order valence-electron chi connectivity index (χ3n) is 3.64. The van der Waals surface area contributed by atoms with Crippen LogP contribution in [0.4, 0.5) is 5.69 Å². The Labute approximate surface area is 112 Å². The van der Waals surface area contributed by atoms with Crippen LogP contribution in [0.2, 0.25) is 0 Å². The van der Waals surface area contributed by atoms with E-state index in [1.165, 1.54) is 0 Å². The van der Waals surface area contributed by atoms with Gasteiger partial charge in [-0.15, -0.1) is 0 Å². The van der Waals surface area contributed by atoms with Crippen LogP contribution in [0.25, 0.3) is 11.0 Å². The van der Waals surface area contributed by atoms with Crippen molar-refractivity contribution in [3.63, 3.8) is 0 Å². The number of fused-ring (bicyclic) bond motifs is 1. The highest BCUT2D eigenvalue weighted by atomic mass is 16.5. The fourth-order valence-corrected chi connectivity index (χ4v) is 2.54. The van der Waals surface area contributed by atoms with Gasteiger partial charge in [-0.1, -0.05) is 0 Å². The summed E-state index contributed by atoms with van der Waals surface area (Å²) in [5.41, 5.74) is 8.52. The molecule has 5 heteroatoms. The van der Waals surface area contributed by atoms with Crippen LogP contribution in [0.3, 0.4) is 0 Å². The number of hydrogen-bond donors (Lipinski definition) is 2. The number of ether oxygens (including phenoxy) is 1. The molecule has 0 radical (unpaired) electrons. The van der Waals surface area contributed by atoms with Crippen molar-refractivity contribution in [1.29, 1.82) is 0 Å². The minimum absolute atomic E-state index is 0.288. The second-order valence-electron chi connectivity index (χ2n) is 5.38. The van der Waals surface area contributed by atoms with Crippen LogP contribution in [-0.4, -0.2) is 40.2 Å². The van der Waals surface area contributed by atoms with Gasteiger partial charge in [0.2, 0.25) is 0 Å². The molecule has 1 fully saturated rings. The Morgan fingerprint density at radius 3 is 3.16 bits per heavy atom. The van der Waals surface area contributed by atoms with E-state index in [0.717, 1.165) is 42.2 Å². The fourth-order valence-electron chi connectivity index (χ4n) is 2.54. The van der Waals surface area contributed by atoms with Gasteiger partial charge in [0.1, 0.15) is 5.82 Å². The molecule has 5 nitrogen and oxygen atoms in total. The van der Waals surface area contributed by atoms with E-state index < -0.39 is 0 Å². The maximum Gasteiger partial charge on any atom is 0.121 e. The predicted octanol–water partition coefficient (Wildman–Crippen LogP) is 1.75. The number of anilines is 1. The maximum absolute atomic E-state index is 5.78. The van der Waals surface area contributed by atoms with Crippen molar-refractivity contribution in [1.82, 2.24) is 14.9 Å². The lowest BCUT2D eigenvalue weighted by Crippen LogP contribution is -2.46. The smallest absolute Gasteiger partial charge is 0.121 e. The number of hydrogen-bond acceptors (Lipinski definition) is 4. The van der Waals surface area contributed by atoms with Crippen LogP contribution in [0.15, 0.2) is 18.2 Å². The van der Waals surface area contributed by atoms with Gasteiger partial charge in [0.05, 0.1) is 30.3 Å². The molecular formula is C14H20N4O. The molecule has 0 saturated carbocycles. The summed E-state index contributed by atoms with van der Waals surface area (Å²) in [4.78, 5) is 10.4. The Morgan fingerprint density at radius 2 is 2.32 bits per heavy atom. The Kier molecular flexibility index (Phi) is 3.16. The van der Waals surface area contributed by atoms with Crippen molar-refractivity contribution < 1.29 is 4.74 Å². The first-order valence-electron chi connectivity index (χ1n) is 6.71. The van der Waals surface area contributed by atoms with Crippen LogP contribution < -0.4 is 5.73 Å². The molecule has 2 heterocycles. The van der Waals surface area contributed by atoms with E-state index in [1.54, 1.807) is 0 Å². The molecule has 0 bridgehead atoms. The standard InChI is InChI=1S/C14H20N4O/c1-9-8-19-10(2)6-18(9)7-14-16-12-4-3-11(15)5-13(12)17-14/h3-5,9-10H,6-8,15H2,1-2H3,(H,16,17). The molecule has 19 heavy (non-hydrogen) atoms. The van der Waals surface area contributed by atoms with Gasteiger partial charge in [-0.05, 0) is 32.0 Å². The second kappa shape index (κ2) is 4.83.